The molecule has 1 heterocycles. The monoisotopic (exact) mass is 409 g/mol. The van der Waals surface area contributed by atoms with Gasteiger partial charge in [-0.25, -0.2) is 18.8 Å². The predicted molar refractivity (Wildman–Crippen MR) is 107 cm³/mol. The molecule has 148 valence electrons. The third kappa shape index (κ3) is 6.47. The normalized spacial score (nSPS) is 12.7. The van der Waals surface area contributed by atoms with E-state index in [4.69, 9.17) is 11.6 Å². The highest BCUT2D eigenvalue weighted by Crippen LogP contribution is 2.19. The van der Waals surface area contributed by atoms with Crippen LogP contribution in [0.15, 0.2) is 47.0 Å². The Hall–Kier alpha value is -3.27. The van der Waals surface area contributed by atoms with Crippen LogP contribution in [0.25, 0.3) is 0 Å². The number of aryl methyl sites for hydroxylation is 1. The summed E-state index contributed by atoms with van der Waals surface area (Å²) in [4.78, 5) is 19.0. The Balaban J connectivity index is 2.14. The number of anilines is 3. The van der Waals surface area contributed by atoms with E-state index in [1.54, 1.807) is 13.2 Å². The zero-order chi connectivity index (χ0) is 20.7. The lowest BCUT2D eigenvalue weighted by Crippen LogP contribution is -2.13. The van der Waals surface area contributed by atoms with Gasteiger partial charge in [-0.05, 0) is 31.2 Å². The molecule has 0 saturated heterocycles. The number of halogens is 3. The number of alkyl halides is 1. The molecule has 0 radical (unpaired) electrons. The number of amides is 1. The van der Waals surface area contributed by atoms with E-state index >= 15 is 0 Å². The van der Waals surface area contributed by atoms with Crippen molar-refractivity contribution < 1.29 is 13.6 Å². The SMILES string of the molecule is C=CC(=O)Nc1cc(F)cc(N/C=N/C(=N\C(C)F)Nc2cn(C)nc2Cl)c1. The minimum atomic E-state index is -1.52. The molecule has 28 heavy (non-hydrogen) atoms. The number of aromatic nitrogens is 2. The molecule has 0 spiro atoms. The topological polar surface area (TPSA) is 95.7 Å². The van der Waals surface area contributed by atoms with Crippen LogP contribution in [0.3, 0.4) is 0 Å². The summed E-state index contributed by atoms with van der Waals surface area (Å²) < 4.78 is 28.5. The second kappa shape index (κ2) is 9.60. The minimum Gasteiger partial charge on any atom is -0.346 e. The van der Waals surface area contributed by atoms with E-state index in [0.717, 1.165) is 12.1 Å². The van der Waals surface area contributed by atoms with Gasteiger partial charge in [0.15, 0.2) is 11.4 Å². The number of hydrogen-bond donors (Lipinski definition) is 3. The summed E-state index contributed by atoms with van der Waals surface area (Å²) in [6, 6.07) is 3.82. The maximum Gasteiger partial charge on any atom is 0.247 e. The van der Waals surface area contributed by atoms with Crippen LogP contribution >= 0.6 is 11.6 Å². The summed E-state index contributed by atoms with van der Waals surface area (Å²) in [7, 11) is 1.67. The molecule has 0 aliphatic rings. The van der Waals surface area contributed by atoms with Gasteiger partial charge in [0.25, 0.3) is 0 Å². The quantitative estimate of drug-likeness (QED) is 0.294. The lowest BCUT2D eigenvalue weighted by molar-refractivity contribution is -0.111. The number of rotatable bonds is 6. The number of benzene rings is 1. The molecule has 11 heteroatoms. The number of nitrogens with one attached hydrogen (secondary N) is 3. The van der Waals surface area contributed by atoms with Crippen molar-refractivity contribution in [2.24, 2.45) is 17.0 Å². The molecule has 8 nitrogen and oxygen atoms in total. The van der Waals surface area contributed by atoms with Gasteiger partial charge >= 0.3 is 0 Å². The van der Waals surface area contributed by atoms with E-state index in [0.29, 0.717) is 11.4 Å². The van der Waals surface area contributed by atoms with Crippen molar-refractivity contribution >= 4 is 46.9 Å². The molecule has 0 saturated carbocycles. The Morgan fingerprint density at radius 2 is 2.07 bits per heavy atom. The molecule has 1 aromatic heterocycles. The Kier molecular flexibility index (Phi) is 7.21. The molecule has 1 unspecified atom stereocenters. The number of guanidine groups is 1. The van der Waals surface area contributed by atoms with E-state index in [-0.39, 0.29) is 16.8 Å². The van der Waals surface area contributed by atoms with E-state index in [1.807, 2.05) is 0 Å². The lowest BCUT2D eigenvalue weighted by Gasteiger charge is -2.07. The fourth-order valence-corrected chi connectivity index (χ4v) is 2.25. The van der Waals surface area contributed by atoms with Crippen LogP contribution in [-0.2, 0) is 11.8 Å². The highest BCUT2D eigenvalue weighted by atomic mass is 35.5. The van der Waals surface area contributed by atoms with Gasteiger partial charge in [0.1, 0.15) is 5.82 Å². The summed E-state index contributed by atoms with van der Waals surface area (Å²) in [5, 5.41) is 12.0. The molecule has 1 amide bonds. The highest BCUT2D eigenvalue weighted by molar-refractivity contribution is 6.32. The van der Waals surface area contributed by atoms with Crippen molar-refractivity contribution in [3.63, 3.8) is 0 Å². The number of nitrogens with zero attached hydrogens (tertiary/aromatic N) is 4. The first-order valence-corrected chi connectivity index (χ1v) is 8.35. The summed E-state index contributed by atoms with van der Waals surface area (Å²) in [6.07, 6.45) is 2.30. The first-order valence-electron chi connectivity index (χ1n) is 7.98. The summed E-state index contributed by atoms with van der Waals surface area (Å²) in [6.45, 7) is 4.56. The van der Waals surface area contributed by atoms with Gasteiger partial charge in [-0.1, -0.05) is 18.2 Å². The third-order valence-corrected chi connectivity index (χ3v) is 3.38. The Morgan fingerprint density at radius 1 is 1.36 bits per heavy atom. The standard InChI is InChI=1S/C17H18ClF2N7O/c1-4-15(28)24-13-6-11(20)5-12(7-13)21-9-22-17(23-10(2)19)25-14-8-27(3)26-16(14)18/h4-10H,1H2,2-3H3,(H,24,28)(H2,21,22,23,25). The fraction of sp³-hybridized carbons (Fsp3) is 0.176. The summed E-state index contributed by atoms with van der Waals surface area (Å²) >= 11 is 5.95. The van der Waals surface area contributed by atoms with Crippen LogP contribution in [0.2, 0.25) is 5.15 Å². The number of aliphatic imine (C=N–C) groups is 2. The van der Waals surface area contributed by atoms with Crippen molar-refractivity contribution in [1.29, 1.82) is 0 Å². The van der Waals surface area contributed by atoms with Crippen molar-refractivity contribution in [3.8, 4) is 0 Å². The molecule has 2 aromatic rings. The van der Waals surface area contributed by atoms with Crippen LogP contribution in [0.5, 0.6) is 0 Å². The van der Waals surface area contributed by atoms with Gasteiger partial charge in [-0.2, -0.15) is 5.10 Å². The van der Waals surface area contributed by atoms with Crippen LogP contribution in [-0.4, -0.2) is 34.3 Å². The van der Waals surface area contributed by atoms with Crippen molar-refractivity contribution in [2.45, 2.75) is 13.2 Å². The zero-order valence-electron chi connectivity index (χ0n) is 15.1. The third-order valence-electron chi connectivity index (χ3n) is 3.10. The largest absolute Gasteiger partial charge is 0.346 e. The second-order valence-electron chi connectivity index (χ2n) is 5.48. The maximum atomic E-state index is 13.7. The molecule has 0 fully saturated rings. The van der Waals surface area contributed by atoms with E-state index in [9.17, 15) is 13.6 Å². The van der Waals surface area contributed by atoms with Crippen molar-refractivity contribution in [2.75, 3.05) is 16.0 Å². The molecular weight excluding hydrogens is 392 g/mol. The molecular formula is C17H18ClF2N7O. The van der Waals surface area contributed by atoms with Gasteiger partial charge in [-0.15, -0.1) is 0 Å². The van der Waals surface area contributed by atoms with Gasteiger partial charge in [0.2, 0.25) is 11.9 Å². The Labute approximate surface area is 165 Å². The zero-order valence-corrected chi connectivity index (χ0v) is 15.8. The van der Waals surface area contributed by atoms with Crippen molar-refractivity contribution in [1.82, 2.24) is 9.78 Å². The van der Waals surface area contributed by atoms with Gasteiger partial charge in [-0.3, -0.25) is 9.48 Å². The molecule has 2 rings (SSSR count). The second-order valence-corrected chi connectivity index (χ2v) is 5.84. The van der Waals surface area contributed by atoms with Crippen LogP contribution in [0.4, 0.5) is 25.8 Å². The predicted octanol–water partition coefficient (Wildman–Crippen LogP) is 3.56. The van der Waals surface area contributed by atoms with Crippen LogP contribution in [0, 0.1) is 5.82 Å². The van der Waals surface area contributed by atoms with Crippen molar-refractivity contribution in [3.05, 3.63) is 48.0 Å². The van der Waals surface area contributed by atoms with Crippen LogP contribution < -0.4 is 16.0 Å². The molecule has 0 aliphatic carbocycles. The maximum absolute atomic E-state index is 13.7. The Morgan fingerprint density at radius 3 is 2.68 bits per heavy atom. The molecule has 1 atom stereocenters. The highest BCUT2D eigenvalue weighted by Gasteiger charge is 2.08. The minimum absolute atomic E-state index is 0.0750. The average Bonchev–Trinajstić information content (AvgIpc) is 2.90. The number of carbonyl (C=O) groups excluding carboxylic acids is 1. The van der Waals surface area contributed by atoms with E-state index < -0.39 is 18.0 Å². The summed E-state index contributed by atoms with van der Waals surface area (Å²) in [5.74, 6) is -1.13. The average molecular weight is 410 g/mol. The van der Waals surface area contributed by atoms with E-state index in [2.05, 4.69) is 37.6 Å². The first-order chi connectivity index (χ1) is 13.3. The van der Waals surface area contributed by atoms with Gasteiger partial charge in [0.05, 0.1) is 12.0 Å². The lowest BCUT2D eigenvalue weighted by atomic mass is 10.2. The number of carbonyl (C=O) groups is 1. The first kappa shape index (κ1) is 21.0. The fourth-order valence-electron chi connectivity index (χ4n) is 2.04. The Bertz CT molecular complexity index is 924. The van der Waals surface area contributed by atoms with Gasteiger partial charge in [0, 0.05) is 24.6 Å². The van der Waals surface area contributed by atoms with Gasteiger partial charge < -0.3 is 16.0 Å². The number of hydrogen-bond acceptors (Lipinski definition) is 3. The molecule has 3 N–H and O–H groups in total. The van der Waals surface area contributed by atoms with E-state index in [1.165, 1.54) is 30.1 Å². The van der Waals surface area contributed by atoms with Crippen LogP contribution in [0.1, 0.15) is 6.92 Å². The molecule has 1 aromatic carbocycles. The summed E-state index contributed by atoms with van der Waals surface area (Å²) in [5.41, 5.74) is 0.920. The smallest absolute Gasteiger partial charge is 0.247 e. The molecule has 0 aliphatic heterocycles. The molecule has 0 bridgehead atoms.